The number of benzene rings is 2. The van der Waals surface area contributed by atoms with Gasteiger partial charge in [0.15, 0.2) is 0 Å². The molecule has 27 heavy (non-hydrogen) atoms. The Morgan fingerprint density at radius 2 is 1.37 bits per heavy atom. The maximum Gasteiger partial charge on any atom is 0.373 e. The Morgan fingerprint density at radius 3 is 1.93 bits per heavy atom. The molecule has 0 fully saturated rings. The maximum absolute atomic E-state index is 12.2. The van der Waals surface area contributed by atoms with Crippen LogP contribution >= 0.6 is 0 Å². The summed E-state index contributed by atoms with van der Waals surface area (Å²) >= 11 is 0. The molecular formula is C21H20O6. The molecule has 0 aromatic heterocycles. The van der Waals surface area contributed by atoms with E-state index in [2.05, 4.69) is 4.74 Å². The van der Waals surface area contributed by atoms with E-state index in [9.17, 15) is 14.7 Å². The van der Waals surface area contributed by atoms with Crippen LogP contribution in [0, 0.1) is 0 Å². The first-order chi connectivity index (χ1) is 12.9. The number of esters is 2. The summed E-state index contributed by atoms with van der Waals surface area (Å²) < 4.78 is 14.9. The number of hydrogen-bond donors (Lipinski definition) is 1. The molecule has 0 spiro atoms. The highest BCUT2D eigenvalue weighted by Crippen LogP contribution is 2.18. The third-order valence-electron chi connectivity index (χ3n) is 3.59. The molecule has 0 amide bonds. The van der Waals surface area contributed by atoms with Crippen molar-refractivity contribution in [3.8, 4) is 11.5 Å². The third-order valence-corrected chi connectivity index (χ3v) is 3.59. The van der Waals surface area contributed by atoms with Crippen LogP contribution < -0.4 is 4.74 Å². The molecule has 0 aliphatic carbocycles. The van der Waals surface area contributed by atoms with E-state index in [1.807, 2.05) is 0 Å². The molecule has 2 aromatic carbocycles. The summed E-state index contributed by atoms with van der Waals surface area (Å²) in [5, 5.41) is 9.28. The van der Waals surface area contributed by atoms with Crippen LogP contribution in [0.1, 0.15) is 18.1 Å². The highest BCUT2D eigenvalue weighted by atomic mass is 16.6. The van der Waals surface area contributed by atoms with Crippen molar-refractivity contribution in [3.63, 3.8) is 0 Å². The van der Waals surface area contributed by atoms with Crippen molar-refractivity contribution in [2.75, 3.05) is 14.2 Å². The highest BCUT2D eigenvalue weighted by Gasteiger charge is 2.10. The monoisotopic (exact) mass is 368 g/mol. The minimum Gasteiger partial charge on any atom is -0.508 e. The first-order valence-electron chi connectivity index (χ1n) is 8.06. The van der Waals surface area contributed by atoms with Crippen molar-refractivity contribution in [2.45, 2.75) is 6.92 Å². The predicted octanol–water partition coefficient (Wildman–Crippen LogP) is 3.56. The van der Waals surface area contributed by atoms with Crippen molar-refractivity contribution in [3.05, 3.63) is 71.0 Å². The van der Waals surface area contributed by atoms with Crippen LogP contribution in [0.4, 0.5) is 0 Å². The average Bonchev–Trinajstić information content (AvgIpc) is 2.68. The normalized spacial score (nSPS) is 11.7. The lowest BCUT2D eigenvalue weighted by atomic mass is 10.1. The van der Waals surface area contributed by atoms with Gasteiger partial charge in [-0.1, -0.05) is 24.3 Å². The number of aromatic hydroxyl groups is 1. The Hall–Kier alpha value is -3.54. The summed E-state index contributed by atoms with van der Waals surface area (Å²) in [5.74, 6) is -0.477. The van der Waals surface area contributed by atoms with E-state index in [0.29, 0.717) is 16.9 Å². The first-order valence-corrected chi connectivity index (χ1v) is 8.06. The summed E-state index contributed by atoms with van der Waals surface area (Å²) in [6.07, 6.45) is 3.19. The zero-order valence-corrected chi connectivity index (χ0v) is 15.3. The average molecular weight is 368 g/mol. The number of rotatable bonds is 6. The van der Waals surface area contributed by atoms with Crippen LogP contribution in [0.15, 0.2) is 59.9 Å². The van der Waals surface area contributed by atoms with Gasteiger partial charge >= 0.3 is 11.9 Å². The fourth-order valence-corrected chi connectivity index (χ4v) is 2.15. The molecule has 2 aromatic rings. The number of phenolic OH excluding ortho intramolecular Hbond substituents is 1. The number of hydrogen-bond acceptors (Lipinski definition) is 6. The SMILES string of the molecule is COC(=O)C(=Cc1ccc(OC(=O)C(C)=Cc2ccc(O)cc2)cc1)OC. The van der Waals surface area contributed by atoms with Gasteiger partial charge in [-0.2, -0.15) is 0 Å². The van der Waals surface area contributed by atoms with Crippen LogP contribution in [0.25, 0.3) is 12.2 Å². The van der Waals surface area contributed by atoms with Gasteiger partial charge in [0.25, 0.3) is 0 Å². The van der Waals surface area contributed by atoms with Gasteiger partial charge in [0, 0.05) is 5.57 Å². The Morgan fingerprint density at radius 1 is 0.815 bits per heavy atom. The molecule has 0 aliphatic heterocycles. The van der Waals surface area contributed by atoms with Crippen molar-refractivity contribution < 1.29 is 28.9 Å². The summed E-state index contributed by atoms with van der Waals surface area (Å²) in [7, 11) is 2.65. The van der Waals surface area contributed by atoms with Crippen LogP contribution in [0.5, 0.6) is 11.5 Å². The van der Waals surface area contributed by atoms with E-state index in [1.165, 1.54) is 20.3 Å². The smallest absolute Gasteiger partial charge is 0.373 e. The van der Waals surface area contributed by atoms with E-state index in [-0.39, 0.29) is 11.5 Å². The quantitative estimate of drug-likeness (QED) is 0.363. The van der Waals surface area contributed by atoms with E-state index in [0.717, 1.165) is 5.56 Å². The Kier molecular flexibility index (Phi) is 6.77. The van der Waals surface area contributed by atoms with Crippen LogP contribution in [-0.2, 0) is 19.1 Å². The van der Waals surface area contributed by atoms with E-state index in [1.54, 1.807) is 61.5 Å². The molecule has 0 atom stereocenters. The molecule has 0 radical (unpaired) electrons. The zero-order valence-electron chi connectivity index (χ0n) is 15.3. The van der Waals surface area contributed by atoms with Crippen LogP contribution in [0.2, 0.25) is 0 Å². The van der Waals surface area contributed by atoms with Gasteiger partial charge < -0.3 is 19.3 Å². The lowest BCUT2D eigenvalue weighted by Gasteiger charge is -2.06. The lowest BCUT2D eigenvalue weighted by Crippen LogP contribution is -2.09. The second kappa shape index (κ2) is 9.24. The lowest BCUT2D eigenvalue weighted by molar-refractivity contribution is -0.139. The van der Waals surface area contributed by atoms with Crippen LogP contribution in [0.3, 0.4) is 0 Å². The van der Waals surface area contributed by atoms with Gasteiger partial charge in [-0.25, -0.2) is 9.59 Å². The van der Waals surface area contributed by atoms with Crippen molar-refractivity contribution in [1.29, 1.82) is 0 Å². The molecule has 6 nitrogen and oxygen atoms in total. The fraction of sp³-hybridized carbons (Fsp3) is 0.143. The third kappa shape index (κ3) is 5.74. The van der Waals surface area contributed by atoms with Crippen LogP contribution in [-0.4, -0.2) is 31.3 Å². The topological polar surface area (TPSA) is 82.1 Å². The minimum absolute atomic E-state index is 0.0647. The standard InChI is InChI=1S/C21H20O6/c1-14(12-15-4-8-17(22)9-5-15)20(23)27-18-10-6-16(7-11-18)13-19(25-2)21(24)26-3/h4-13,22H,1-3H3. The summed E-state index contributed by atoms with van der Waals surface area (Å²) in [5.41, 5.74) is 1.88. The van der Waals surface area contributed by atoms with Gasteiger partial charge in [-0.05, 0) is 54.5 Å². The number of methoxy groups -OCH3 is 2. The summed E-state index contributed by atoms with van der Waals surface area (Å²) in [6.45, 7) is 1.65. The van der Waals surface area contributed by atoms with Gasteiger partial charge in [-0.3, -0.25) is 0 Å². The second-order valence-corrected chi connectivity index (χ2v) is 5.58. The first kappa shape index (κ1) is 19.8. The number of carbonyl (C=O) groups excluding carboxylic acids is 2. The molecule has 140 valence electrons. The van der Waals surface area contributed by atoms with Gasteiger partial charge in [0.1, 0.15) is 11.5 Å². The molecule has 2 rings (SSSR count). The molecule has 0 bridgehead atoms. The number of carbonyl (C=O) groups is 2. The number of ether oxygens (including phenoxy) is 3. The van der Waals surface area contributed by atoms with Crippen molar-refractivity contribution >= 4 is 24.1 Å². The summed E-state index contributed by atoms with van der Waals surface area (Å²) in [6, 6.07) is 13.1. The second-order valence-electron chi connectivity index (χ2n) is 5.58. The van der Waals surface area contributed by atoms with Crippen molar-refractivity contribution in [1.82, 2.24) is 0 Å². The molecule has 0 saturated heterocycles. The molecule has 0 heterocycles. The van der Waals surface area contributed by atoms with E-state index in [4.69, 9.17) is 9.47 Å². The highest BCUT2D eigenvalue weighted by molar-refractivity contribution is 5.94. The van der Waals surface area contributed by atoms with E-state index < -0.39 is 11.9 Å². The molecule has 1 N–H and O–H groups in total. The number of phenols is 1. The Labute approximate surface area is 157 Å². The Bertz CT molecular complexity index is 861. The van der Waals surface area contributed by atoms with Crippen molar-refractivity contribution in [2.24, 2.45) is 0 Å². The molecule has 0 saturated carbocycles. The van der Waals surface area contributed by atoms with Gasteiger partial charge in [-0.15, -0.1) is 0 Å². The summed E-state index contributed by atoms with van der Waals surface area (Å²) in [4.78, 5) is 23.7. The van der Waals surface area contributed by atoms with Gasteiger partial charge in [0.05, 0.1) is 14.2 Å². The fourth-order valence-electron chi connectivity index (χ4n) is 2.15. The molecule has 0 aliphatic rings. The maximum atomic E-state index is 12.2. The molecule has 6 heteroatoms. The largest absolute Gasteiger partial charge is 0.508 e. The zero-order chi connectivity index (χ0) is 19.8. The Balaban J connectivity index is 2.07. The van der Waals surface area contributed by atoms with Gasteiger partial charge in [0.2, 0.25) is 5.76 Å². The molecular weight excluding hydrogens is 348 g/mol. The minimum atomic E-state index is -0.581. The predicted molar refractivity (Wildman–Crippen MR) is 101 cm³/mol. The van der Waals surface area contributed by atoms with E-state index >= 15 is 0 Å². The molecule has 0 unspecified atom stereocenters.